The molecule has 4 heterocycles. The van der Waals surface area contributed by atoms with Crippen LogP contribution in [0.2, 0.25) is 0 Å². The van der Waals surface area contributed by atoms with Gasteiger partial charge in [-0.1, -0.05) is 45.9 Å². The van der Waals surface area contributed by atoms with E-state index in [-0.39, 0.29) is 44.5 Å². The molecule has 4 aliphatic rings. The number of allylic oxidation sites excluding steroid dienone is 2. The SMILES string of the molecule is CO[C@H]1/C=C/O[C@@]2(C)Oc3c(C)c(O)c4c(O)c(c(/C=N\N5CCCCC5)c(O)c4c3C2=O)NC(=O)/C(C)=C\C=C\[C@@H](C)[C@H](O)[C@@H](C)[C@H](O)[C@@H](C)[C@H](OC(C)=O)[C@@H]1C. The number of aliphatic hydroxyl groups excluding tert-OH is 2. The fraction of sp³-hybridized carbons (Fsp3) is 0.535. The highest BCUT2D eigenvalue weighted by molar-refractivity contribution is 6.23. The van der Waals surface area contributed by atoms with Crippen LogP contribution in [0.1, 0.15) is 89.2 Å². The van der Waals surface area contributed by atoms with Crippen molar-refractivity contribution < 1.29 is 58.9 Å². The van der Waals surface area contributed by atoms with Gasteiger partial charge in [-0.25, -0.2) is 0 Å². The van der Waals surface area contributed by atoms with Crippen molar-refractivity contribution in [1.82, 2.24) is 5.01 Å². The van der Waals surface area contributed by atoms with E-state index >= 15 is 0 Å². The maximum atomic E-state index is 14.4. The molecule has 2 aromatic rings. The number of ether oxygens (including phenoxy) is 4. The van der Waals surface area contributed by atoms with Gasteiger partial charge in [0, 0.05) is 74.2 Å². The Hall–Kier alpha value is -5.12. The minimum atomic E-state index is -2.03. The summed E-state index contributed by atoms with van der Waals surface area (Å²) >= 11 is 0. The first-order chi connectivity index (χ1) is 27.3. The summed E-state index contributed by atoms with van der Waals surface area (Å²) in [7, 11) is 1.44. The van der Waals surface area contributed by atoms with Gasteiger partial charge < -0.3 is 49.8 Å². The van der Waals surface area contributed by atoms with Crippen LogP contribution in [-0.2, 0) is 23.8 Å². The fourth-order valence-electron chi connectivity index (χ4n) is 8.00. The molecule has 15 nitrogen and oxygen atoms in total. The number of fused-ring (bicyclic) bond motifs is 14. The monoisotopic (exact) mass is 807 g/mol. The van der Waals surface area contributed by atoms with Crippen molar-refractivity contribution in [3.05, 3.63) is 52.8 Å². The van der Waals surface area contributed by atoms with E-state index in [1.807, 2.05) is 0 Å². The fourth-order valence-corrected chi connectivity index (χ4v) is 8.00. The molecule has 0 saturated carbocycles. The summed E-state index contributed by atoms with van der Waals surface area (Å²) in [6.07, 6.45) is 7.74. The Bertz CT molecular complexity index is 2040. The number of hydrogen-bond acceptors (Lipinski definition) is 14. The smallest absolute Gasteiger partial charge is 0.312 e. The number of esters is 1. The highest BCUT2D eigenvalue weighted by Gasteiger charge is 2.50. The number of amides is 1. The lowest BCUT2D eigenvalue weighted by atomic mass is 9.78. The Morgan fingerprint density at radius 1 is 0.948 bits per heavy atom. The average Bonchev–Trinajstić information content (AvgIpc) is 3.46. The number of anilines is 1. The van der Waals surface area contributed by atoms with Crippen molar-refractivity contribution >= 4 is 40.3 Å². The third kappa shape index (κ3) is 8.52. The number of hydrogen-bond donors (Lipinski definition) is 6. The maximum Gasteiger partial charge on any atom is 0.312 e. The number of rotatable bonds is 4. The van der Waals surface area contributed by atoms with E-state index in [1.165, 1.54) is 59.4 Å². The van der Waals surface area contributed by atoms with Gasteiger partial charge in [0.15, 0.2) is 5.75 Å². The molecule has 1 amide bonds. The Morgan fingerprint density at radius 2 is 1.62 bits per heavy atom. The molecule has 6 rings (SSSR count). The Morgan fingerprint density at radius 3 is 2.26 bits per heavy atom. The minimum Gasteiger partial charge on any atom is -0.507 e. The van der Waals surface area contributed by atoms with Crippen LogP contribution >= 0.6 is 0 Å². The minimum absolute atomic E-state index is 0.0614. The number of carbonyl (C=O) groups is 3. The van der Waals surface area contributed by atoms with Crippen LogP contribution in [0, 0.1) is 30.6 Å². The van der Waals surface area contributed by atoms with Crippen LogP contribution in [0.4, 0.5) is 5.69 Å². The van der Waals surface area contributed by atoms with Crippen LogP contribution in [0.5, 0.6) is 23.0 Å². The lowest BCUT2D eigenvalue weighted by molar-refractivity contribution is -0.160. The predicted molar refractivity (Wildman–Crippen MR) is 217 cm³/mol. The number of aromatic hydroxyl groups is 3. The average molecular weight is 808 g/mol. The van der Waals surface area contributed by atoms with Gasteiger partial charge in [0.05, 0.1) is 53.0 Å². The third-order valence-electron chi connectivity index (χ3n) is 11.7. The van der Waals surface area contributed by atoms with Gasteiger partial charge in [0.25, 0.3) is 11.7 Å². The molecule has 1 fully saturated rings. The van der Waals surface area contributed by atoms with E-state index in [9.17, 15) is 39.9 Å². The summed E-state index contributed by atoms with van der Waals surface area (Å²) in [5.74, 6) is -8.27. The van der Waals surface area contributed by atoms with E-state index in [2.05, 4.69) is 10.4 Å². The Kier molecular flexibility index (Phi) is 13.5. The number of Topliss-reactive ketones (excluding diaryl/α,β-unsaturated/α-hetero) is 1. The Labute approximate surface area is 338 Å². The van der Waals surface area contributed by atoms with Crippen molar-refractivity contribution in [3.63, 3.8) is 0 Å². The van der Waals surface area contributed by atoms with Crippen molar-refractivity contribution in [2.75, 3.05) is 25.5 Å². The molecule has 2 aromatic carbocycles. The summed E-state index contributed by atoms with van der Waals surface area (Å²) in [4.78, 5) is 40.4. The third-order valence-corrected chi connectivity index (χ3v) is 11.7. The molecule has 0 radical (unpaired) electrons. The molecule has 6 N–H and O–H groups in total. The van der Waals surface area contributed by atoms with Crippen molar-refractivity contribution in [2.24, 2.45) is 28.8 Å². The summed E-state index contributed by atoms with van der Waals surface area (Å²) < 4.78 is 23.6. The molecule has 316 valence electrons. The second kappa shape index (κ2) is 17.8. The molecule has 0 aliphatic carbocycles. The molecule has 58 heavy (non-hydrogen) atoms. The molecule has 15 heteroatoms. The highest BCUT2D eigenvalue weighted by atomic mass is 16.7. The molecule has 1 saturated heterocycles. The number of phenols is 3. The quantitative estimate of drug-likeness (QED) is 0.0965. The van der Waals surface area contributed by atoms with E-state index in [1.54, 1.807) is 44.9 Å². The van der Waals surface area contributed by atoms with E-state index in [4.69, 9.17) is 18.9 Å². The standard InChI is InChI=1S/C43H57N3O12/c1-21-14-13-15-22(2)42(54)45-33-28(20-44-46-17-11-10-12-18-46)37(51)30-31(38(33)52)36(50)26(6)40-32(30)41(53)43(8,58-40)56-19-16-29(55-9)23(3)39(57-27(7)47)25(5)35(49)24(4)34(21)48/h13-16,19-21,23-25,29,34-35,39,48-52H,10-12,17-18H2,1-9H3,(H,45,54)/b14-13+,19-16+,22-15-,44-20-/t21-,23-,24-,25-,29+,34+,35+,39-,43+/m1/s1. The molecule has 0 aromatic heterocycles. The number of methoxy groups -OCH3 is 1. The number of hydrazone groups is 1. The van der Waals surface area contributed by atoms with Gasteiger partial charge >= 0.3 is 11.8 Å². The van der Waals surface area contributed by atoms with Crippen LogP contribution in [0.25, 0.3) is 10.8 Å². The summed E-state index contributed by atoms with van der Waals surface area (Å²) in [5, 5.41) is 66.8. The number of aliphatic hydroxyl groups is 2. The van der Waals surface area contributed by atoms with Gasteiger partial charge in [-0.15, -0.1) is 0 Å². The van der Waals surface area contributed by atoms with Crippen LogP contribution < -0.4 is 10.1 Å². The largest absolute Gasteiger partial charge is 0.507 e. The van der Waals surface area contributed by atoms with Crippen molar-refractivity contribution in [3.8, 4) is 23.0 Å². The normalized spacial score (nSPS) is 32.1. The molecule has 4 aliphatic heterocycles. The number of carbonyl (C=O) groups excluding carboxylic acids is 3. The summed E-state index contributed by atoms with van der Waals surface area (Å²) in [5.41, 5.74) is -0.303. The van der Waals surface area contributed by atoms with Crippen molar-refractivity contribution in [2.45, 2.75) is 105 Å². The van der Waals surface area contributed by atoms with Gasteiger partial charge in [-0.3, -0.25) is 19.4 Å². The van der Waals surface area contributed by atoms with E-state index < -0.39 is 88.8 Å². The second-order valence-electron chi connectivity index (χ2n) is 15.9. The van der Waals surface area contributed by atoms with E-state index in [0.717, 1.165) is 19.3 Å². The first-order valence-corrected chi connectivity index (χ1v) is 19.7. The maximum absolute atomic E-state index is 14.4. The molecular weight excluding hydrogens is 750 g/mol. The zero-order chi connectivity index (χ0) is 42.8. The molecular formula is C43H57N3O12. The molecule has 5 bridgehead atoms. The second-order valence-corrected chi connectivity index (χ2v) is 15.9. The zero-order valence-corrected chi connectivity index (χ0v) is 34.6. The highest BCUT2D eigenvalue weighted by Crippen LogP contribution is 2.55. The van der Waals surface area contributed by atoms with Crippen LogP contribution in [0.15, 0.2) is 41.2 Å². The number of nitrogens with zero attached hydrogens (tertiary/aromatic N) is 2. The number of benzene rings is 2. The lowest BCUT2D eigenvalue weighted by Gasteiger charge is -2.38. The van der Waals surface area contributed by atoms with Gasteiger partial charge in [0.2, 0.25) is 0 Å². The summed E-state index contributed by atoms with van der Waals surface area (Å²) in [6, 6.07) is 0. The molecule has 9 atom stereocenters. The number of nitrogens with one attached hydrogen (secondary N) is 1. The van der Waals surface area contributed by atoms with Gasteiger partial charge in [-0.05, 0) is 39.2 Å². The van der Waals surface area contributed by atoms with Gasteiger partial charge in [-0.2, -0.15) is 5.10 Å². The van der Waals surface area contributed by atoms with Crippen molar-refractivity contribution in [1.29, 1.82) is 0 Å². The Balaban J connectivity index is 1.71. The van der Waals surface area contributed by atoms with Crippen LogP contribution in [-0.4, -0.2) is 105 Å². The number of phenolic OH excluding ortho intramolecular Hbond substituents is 3. The van der Waals surface area contributed by atoms with Gasteiger partial charge in [0.1, 0.15) is 23.4 Å². The van der Waals surface area contributed by atoms with E-state index in [0.29, 0.717) is 13.1 Å². The topological polar surface area (TPSA) is 217 Å². The lowest BCUT2D eigenvalue weighted by Crippen LogP contribution is -2.46. The number of piperidine rings is 1. The zero-order valence-electron chi connectivity index (χ0n) is 34.6. The first kappa shape index (κ1) is 44.0. The number of ketones is 1. The first-order valence-electron chi connectivity index (χ1n) is 19.7. The van der Waals surface area contributed by atoms with Crippen LogP contribution in [0.3, 0.4) is 0 Å². The summed E-state index contributed by atoms with van der Waals surface area (Å²) in [6.45, 7) is 13.8. The molecule has 0 unspecified atom stereocenters. The molecule has 0 spiro atoms. The predicted octanol–water partition coefficient (Wildman–Crippen LogP) is 5.57.